The third-order valence-corrected chi connectivity index (χ3v) is 2.80. The molecule has 1 fully saturated rings. The molecule has 12 heavy (non-hydrogen) atoms. The molecule has 1 aliphatic rings. The van der Waals surface area contributed by atoms with Crippen molar-refractivity contribution in [1.82, 2.24) is 0 Å². The molecule has 0 spiro atoms. The van der Waals surface area contributed by atoms with E-state index >= 15 is 0 Å². The average Bonchev–Trinajstić information content (AvgIpc) is 2.00. The SMILES string of the molecule is CCOC1CC(C)CC(F)C1C. The summed E-state index contributed by atoms with van der Waals surface area (Å²) < 4.78 is 18.8. The molecule has 0 N–H and O–H groups in total. The van der Waals surface area contributed by atoms with Crippen molar-refractivity contribution in [3.63, 3.8) is 0 Å². The monoisotopic (exact) mass is 174 g/mol. The Balaban J connectivity index is 2.47. The van der Waals surface area contributed by atoms with Crippen molar-refractivity contribution in [3.8, 4) is 0 Å². The van der Waals surface area contributed by atoms with Gasteiger partial charge in [0.15, 0.2) is 0 Å². The molecule has 4 unspecified atom stereocenters. The zero-order valence-corrected chi connectivity index (χ0v) is 8.22. The van der Waals surface area contributed by atoms with Gasteiger partial charge in [-0.05, 0) is 25.7 Å². The van der Waals surface area contributed by atoms with E-state index in [9.17, 15) is 4.39 Å². The van der Waals surface area contributed by atoms with E-state index in [1.807, 2.05) is 13.8 Å². The average molecular weight is 174 g/mol. The minimum atomic E-state index is -0.662. The summed E-state index contributed by atoms with van der Waals surface area (Å²) in [4.78, 5) is 0. The topological polar surface area (TPSA) is 9.23 Å². The Labute approximate surface area is 74.3 Å². The van der Waals surface area contributed by atoms with E-state index < -0.39 is 6.17 Å². The van der Waals surface area contributed by atoms with Crippen molar-refractivity contribution < 1.29 is 9.13 Å². The predicted octanol–water partition coefficient (Wildman–Crippen LogP) is 2.80. The number of rotatable bonds is 2. The molecule has 0 aromatic heterocycles. The molecule has 0 heterocycles. The molecule has 0 amide bonds. The number of alkyl halides is 1. The molecule has 0 aromatic rings. The van der Waals surface area contributed by atoms with Crippen LogP contribution in [0.5, 0.6) is 0 Å². The lowest BCUT2D eigenvalue weighted by atomic mass is 9.80. The summed E-state index contributed by atoms with van der Waals surface area (Å²) in [5.74, 6) is 0.564. The second-order valence-corrected chi connectivity index (χ2v) is 3.95. The molecular formula is C10H19FO. The van der Waals surface area contributed by atoms with Crippen LogP contribution in [0.25, 0.3) is 0 Å². The van der Waals surface area contributed by atoms with Gasteiger partial charge in [-0.15, -0.1) is 0 Å². The smallest absolute Gasteiger partial charge is 0.105 e. The Hall–Kier alpha value is -0.110. The van der Waals surface area contributed by atoms with Crippen molar-refractivity contribution in [2.75, 3.05) is 6.61 Å². The fourth-order valence-corrected chi connectivity index (χ4v) is 1.97. The van der Waals surface area contributed by atoms with E-state index in [4.69, 9.17) is 4.74 Å². The van der Waals surface area contributed by atoms with Gasteiger partial charge in [0.05, 0.1) is 6.10 Å². The second-order valence-electron chi connectivity index (χ2n) is 3.95. The molecule has 1 saturated carbocycles. The highest BCUT2D eigenvalue weighted by molar-refractivity contribution is 4.83. The first-order valence-corrected chi connectivity index (χ1v) is 4.90. The summed E-state index contributed by atoms with van der Waals surface area (Å²) >= 11 is 0. The zero-order valence-electron chi connectivity index (χ0n) is 8.22. The van der Waals surface area contributed by atoms with Gasteiger partial charge in [0.2, 0.25) is 0 Å². The molecule has 4 atom stereocenters. The van der Waals surface area contributed by atoms with Crippen LogP contribution in [0.1, 0.15) is 33.6 Å². The van der Waals surface area contributed by atoms with E-state index in [1.54, 1.807) is 0 Å². The highest BCUT2D eigenvalue weighted by atomic mass is 19.1. The van der Waals surface area contributed by atoms with Crippen molar-refractivity contribution in [2.45, 2.75) is 45.9 Å². The van der Waals surface area contributed by atoms with Gasteiger partial charge in [-0.3, -0.25) is 0 Å². The normalized spacial score (nSPS) is 43.0. The third-order valence-electron chi connectivity index (χ3n) is 2.80. The van der Waals surface area contributed by atoms with E-state index in [1.165, 1.54) is 0 Å². The minimum absolute atomic E-state index is 0.0844. The number of ether oxygens (including phenoxy) is 1. The maximum absolute atomic E-state index is 13.3. The third kappa shape index (κ3) is 2.19. The standard InChI is InChI=1S/C10H19FO/c1-4-12-10-6-7(2)5-9(11)8(10)3/h7-10H,4-6H2,1-3H3. The molecule has 1 rings (SSSR count). The maximum Gasteiger partial charge on any atom is 0.105 e. The summed E-state index contributed by atoms with van der Waals surface area (Å²) in [6.45, 7) is 6.73. The molecule has 0 bridgehead atoms. The second kappa shape index (κ2) is 4.22. The van der Waals surface area contributed by atoms with Gasteiger partial charge < -0.3 is 4.74 Å². The molecule has 0 aliphatic heterocycles. The van der Waals surface area contributed by atoms with Crippen LogP contribution < -0.4 is 0 Å². The van der Waals surface area contributed by atoms with Crippen molar-refractivity contribution in [1.29, 1.82) is 0 Å². The van der Waals surface area contributed by atoms with Gasteiger partial charge in [-0.1, -0.05) is 13.8 Å². The lowest BCUT2D eigenvalue weighted by Gasteiger charge is -2.34. The highest BCUT2D eigenvalue weighted by Gasteiger charge is 2.33. The van der Waals surface area contributed by atoms with Crippen LogP contribution in [0.3, 0.4) is 0 Å². The molecule has 1 aliphatic carbocycles. The summed E-state index contributed by atoms with van der Waals surface area (Å²) in [6, 6.07) is 0. The van der Waals surface area contributed by atoms with Crippen LogP contribution in [-0.2, 0) is 4.74 Å². The highest BCUT2D eigenvalue weighted by Crippen LogP contribution is 2.32. The van der Waals surface area contributed by atoms with Gasteiger partial charge in [-0.2, -0.15) is 0 Å². The lowest BCUT2D eigenvalue weighted by Crippen LogP contribution is -2.37. The Morgan fingerprint density at radius 2 is 2.00 bits per heavy atom. The van der Waals surface area contributed by atoms with Crippen molar-refractivity contribution >= 4 is 0 Å². The zero-order chi connectivity index (χ0) is 9.14. The van der Waals surface area contributed by atoms with Crippen LogP contribution >= 0.6 is 0 Å². The van der Waals surface area contributed by atoms with Crippen LogP contribution in [0.2, 0.25) is 0 Å². The quantitative estimate of drug-likeness (QED) is 0.625. The molecule has 0 saturated heterocycles. The number of hydrogen-bond acceptors (Lipinski definition) is 1. The van der Waals surface area contributed by atoms with Gasteiger partial charge in [0.25, 0.3) is 0 Å². The van der Waals surface area contributed by atoms with E-state index in [0.29, 0.717) is 18.9 Å². The summed E-state index contributed by atoms with van der Waals surface area (Å²) in [5, 5.41) is 0. The Morgan fingerprint density at radius 3 is 2.58 bits per heavy atom. The van der Waals surface area contributed by atoms with Gasteiger partial charge in [0.1, 0.15) is 6.17 Å². The number of hydrogen-bond donors (Lipinski definition) is 0. The van der Waals surface area contributed by atoms with Gasteiger partial charge in [-0.25, -0.2) is 4.39 Å². The fraction of sp³-hybridized carbons (Fsp3) is 1.00. The summed E-state index contributed by atoms with van der Waals surface area (Å²) in [7, 11) is 0. The van der Waals surface area contributed by atoms with Crippen LogP contribution in [0, 0.1) is 11.8 Å². The molecule has 72 valence electrons. The first-order valence-electron chi connectivity index (χ1n) is 4.90. The van der Waals surface area contributed by atoms with Crippen molar-refractivity contribution in [3.05, 3.63) is 0 Å². The molecular weight excluding hydrogens is 155 g/mol. The predicted molar refractivity (Wildman–Crippen MR) is 47.9 cm³/mol. The Bertz CT molecular complexity index is 138. The van der Waals surface area contributed by atoms with Crippen LogP contribution in [-0.4, -0.2) is 18.9 Å². The molecule has 2 heteroatoms. The maximum atomic E-state index is 13.3. The first-order chi connectivity index (χ1) is 5.65. The largest absolute Gasteiger partial charge is 0.378 e. The number of halogens is 1. The van der Waals surface area contributed by atoms with Gasteiger partial charge >= 0.3 is 0 Å². The van der Waals surface area contributed by atoms with E-state index in [0.717, 1.165) is 6.42 Å². The van der Waals surface area contributed by atoms with Crippen LogP contribution in [0.4, 0.5) is 4.39 Å². The Kier molecular flexibility index (Phi) is 3.51. The van der Waals surface area contributed by atoms with Crippen LogP contribution in [0.15, 0.2) is 0 Å². The molecule has 0 aromatic carbocycles. The molecule has 1 nitrogen and oxygen atoms in total. The van der Waals surface area contributed by atoms with E-state index in [-0.39, 0.29) is 12.0 Å². The van der Waals surface area contributed by atoms with Crippen molar-refractivity contribution in [2.24, 2.45) is 11.8 Å². The minimum Gasteiger partial charge on any atom is -0.378 e. The summed E-state index contributed by atoms with van der Waals surface area (Å²) in [5.41, 5.74) is 0. The lowest BCUT2D eigenvalue weighted by molar-refractivity contribution is -0.0444. The van der Waals surface area contributed by atoms with E-state index in [2.05, 4.69) is 6.92 Å². The molecule has 0 radical (unpaired) electrons. The summed E-state index contributed by atoms with van der Waals surface area (Å²) in [6.07, 6.45) is 1.22. The first kappa shape index (κ1) is 9.97. The fourth-order valence-electron chi connectivity index (χ4n) is 1.97. The van der Waals surface area contributed by atoms with Gasteiger partial charge in [0, 0.05) is 12.5 Å². The Morgan fingerprint density at radius 1 is 1.33 bits per heavy atom.